The van der Waals surface area contributed by atoms with E-state index in [9.17, 15) is 22.4 Å². The summed E-state index contributed by atoms with van der Waals surface area (Å²) in [6, 6.07) is 4.44. The molecule has 3 N–H and O–H groups in total. The van der Waals surface area contributed by atoms with Gasteiger partial charge in [-0.25, -0.2) is 22.3 Å². The number of carbonyl (C=O) groups excluding carboxylic acids is 2. The maximum absolute atomic E-state index is 13.9. The van der Waals surface area contributed by atoms with Gasteiger partial charge in [0.25, 0.3) is 0 Å². The van der Waals surface area contributed by atoms with E-state index < -0.39 is 10.0 Å². The summed E-state index contributed by atoms with van der Waals surface area (Å²) in [4.78, 5) is 23.9. The zero-order valence-electron chi connectivity index (χ0n) is 17.0. The quantitative estimate of drug-likeness (QED) is 0.320. The Bertz CT molecular complexity index is 874. The Hall–Kier alpha value is -2.20. The summed E-state index contributed by atoms with van der Waals surface area (Å²) in [5, 5.41) is 5.33. The van der Waals surface area contributed by atoms with Crippen LogP contribution in [0.15, 0.2) is 18.2 Å². The van der Waals surface area contributed by atoms with Gasteiger partial charge in [-0.15, -0.1) is 0 Å². The molecule has 1 aliphatic carbocycles. The van der Waals surface area contributed by atoms with Crippen LogP contribution in [0.5, 0.6) is 0 Å². The van der Waals surface area contributed by atoms with E-state index in [0.717, 1.165) is 12.1 Å². The summed E-state index contributed by atoms with van der Waals surface area (Å²) >= 11 is 0. The topological polar surface area (TPSA) is 108 Å². The fraction of sp³-hybridized carbons (Fsp3) is 0.600. The van der Waals surface area contributed by atoms with Crippen molar-refractivity contribution < 1.29 is 22.4 Å². The molecule has 3 rings (SSSR count). The van der Waals surface area contributed by atoms with E-state index in [0.29, 0.717) is 43.8 Å². The first kappa shape index (κ1) is 22.5. The summed E-state index contributed by atoms with van der Waals surface area (Å²) in [5.41, 5.74) is 1.34. The van der Waals surface area contributed by atoms with Crippen molar-refractivity contribution in [1.29, 1.82) is 0 Å². The van der Waals surface area contributed by atoms with Crippen molar-refractivity contribution in [2.45, 2.75) is 38.5 Å². The van der Waals surface area contributed by atoms with Crippen LogP contribution >= 0.6 is 0 Å². The van der Waals surface area contributed by atoms with Gasteiger partial charge in [0, 0.05) is 19.6 Å². The fourth-order valence-corrected chi connectivity index (χ4v) is 4.44. The Balaban J connectivity index is 1.32. The van der Waals surface area contributed by atoms with Crippen molar-refractivity contribution in [1.82, 2.24) is 14.9 Å². The molecule has 10 heteroatoms. The number of imide groups is 1. The van der Waals surface area contributed by atoms with Crippen LogP contribution in [0.3, 0.4) is 0 Å². The number of benzene rings is 1. The van der Waals surface area contributed by atoms with E-state index in [1.807, 2.05) is 0 Å². The highest BCUT2D eigenvalue weighted by atomic mass is 32.2. The maximum Gasteiger partial charge on any atom is 0.324 e. The number of hydrogen-bond donors (Lipinski definition) is 3. The predicted octanol–water partition coefficient (Wildman–Crippen LogP) is 1.83. The van der Waals surface area contributed by atoms with Gasteiger partial charge in [0.1, 0.15) is 12.4 Å². The lowest BCUT2D eigenvalue weighted by molar-refractivity contribution is -0.118. The van der Waals surface area contributed by atoms with Gasteiger partial charge in [-0.3, -0.25) is 10.1 Å². The van der Waals surface area contributed by atoms with Crippen LogP contribution in [-0.2, 0) is 21.2 Å². The standard InChI is InChI=1S/C20H29FN4O4S/c21-17-7-6-15(12-18(17)22-13-16-4-5-16)8-9-23-30(28,29)11-3-1-2-10-25-14-19(26)24-20(25)27/h6-7,12,16,22-23H,1-5,8-11,13-14H2,(H,24,26,27). The fourth-order valence-electron chi connectivity index (χ4n) is 3.30. The number of urea groups is 1. The van der Waals surface area contributed by atoms with Crippen LogP contribution in [0.4, 0.5) is 14.9 Å². The molecular formula is C20H29FN4O4S. The van der Waals surface area contributed by atoms with E-state index in [-0.39, 0.29) is 36.6 Å². The summed E-state index contributed by atoms with van der Waals surface area (Å²) in [6.07, 6.45) is 4.61. The largest absolute Gasteiger partial charge is 0.382 e. The molecule has 0 bridgehead atoms. The highest BCUT2D eigenvalue weighted by molar-refractivity contribution is 7.89. The van der Waals surface area contributed by atoms with Crippen LogP contribution in [0.25, 0.3) is 0 Å². The van der Waals surface area contributed by atoms with Gasteiger partial charge >= 0.3 is 6.03 Å². The second-order valence-electron chi connectivity index (χ2n) is 7.94. The predicted molar refractivity (Wildman–Crippen MR) is 112 cm³/mol. The molecule has 0 atom stereocenters. The molecule has 1 aliphatic heterocycles. The zero-order chi connectivity index (χ0) is 21.6. The SMILES string of the molecule is O=C1CN(CCCCCS(=O)(=O)NCCc2ccc(F)c(NCC3CC3)c2)C(=O)N1. The third kappa shape index (κ3) is 7.24. The van der Waals surface area contributed by atoms with Crippen molar-refractivity contribution in [3.63, 3.8) is 0 Å². The van der Waals surface area contributed by atoms with E-state index in [1.54, 1.807) is 12.1 Å². The van der Waals surface area contributed by atoms with E-state index in [4.69, 9.17) is 0 Å². The van der Waals surface area contributed by atoms with Crippen molar-refractivity contribution in [3.05, 3.63) is 29.6 Å². The first-order chi connectivity index (χ1) is 14.3. The average molecular weight is 441 g/mol. The summed E-state index contributed by atoms with van der Waals surface area (Å²) in [6.45, 7) is 1.53. The second-order valence-corrected chi connectivity index (χ2v) is 9.86. The van der Waals surface area contributed by atoms with Crippen molar-refractivity contribution in [2.75, 3.05) is 37.2 Å². The molecule has 0 spiro atoms. The molecule has 166 valence electrons. The van der Waals surface area contributed by atoms with Crippen molar-refractivity contribution >= 4 is 27.6 Å². The number of nitrogens with zero attached hydrogens (tertiary/aromatic N) is 1. The molecule has 3 amide bonds. The molecule has 1 aromatic carbocycles. The number of anilines is 1. The number of carbonyl (C=O) groups is 2. The summed E-state index contributed by atoms with van der Waals surface area (Å²) in [7, 11) is -3.39. The lowest BCUT2D eigenvalue weighted by Crippen LogP contribution is -2.29. The van der Waals surface area contributed by atoms with Crippen LogP contribution in [0.2, 0.25) is 0 Å². The van der Waals surface area contributed by atoms with Crippen LogP contribution in [0.1, 0.15) is 37.7 Å². The third-order valence-electron chi connectivity index (χ3n) is 5.25. The highest BCUT2D eigenvalue weighted by Crippen LogP contribution is 2.29. The van der Waals surface area contributed by atoms with Gasteiger partial charge in [-0.1, -0.05) is 12.5 Å². The molecule has 0 radical (unpaired) electrons. The van der Waals surface area contributed by atoms with E-state index >= 15 is 0 Å². The molecule has 1 saturated carbocycles. The lowest BCUT2D eigenvalue weighted by Gasteiger charge is -2.12. The van der Waals surface area contributed by atoms with Crippen LogP contribution < -0.4 is 15.4 Å². The Kier molecular flexibility index (Phi) is 7.65. The molecule has 2 aliphatic rings. The van der Waals surface area contributed by atoms with Crippen LogP contribution in [-0.4, -0.2) is 57.2 Å². The molecule has 1 aromatic rings. The number of sulfonamides is 1. The Morgan fingerprint density at radius 2 is 1.97 bits per heavy atom. The zero-order valence-corrected chi connectivity index (χ0v) is 17.8. The minimum absolute atomic E-state index is 0.00966. The molecule has 0 aromatic heterocycles. The highest BCUT2D eigenvalue weighted by Gasteiger charge is 2.25. The Morgan fingerprint density at radius 1 is 1.17 bits per heavy atom. The number of unbranched alkanes of at least 4 members (excludes halogenated alkanes) is 2. The molecule has 1 saturated heterocycles. The van der Waals surface area contributed by atoms with Crippen molar-refractivity contribution in [3.8, 4) is 0 Å². The summed E-state index contributed by atoms with van der Waals surface area (Å²) in [5.74, 6) is 0.0415. The normalized spacial score (nSPS) is 16.8. The van der Waals surface area contributed by atoms with Crippen molar-refractivity contribution in [2.24, 2.45) is 5.92 Å². The van der Waals surface area contributed by atoms with Gasteiger partial charge in [-0.05, 0) is 55.7 Å². The van der Waals surface area contributed by atoms with E-state index in [2.05, 4.69) is 15.4 Å². The monoisotopic (exact) mass is 440 g/mol. The Morgan fingerprint density at radius 3 is 2.67 bits per heavy atom. The minimum atomic E-state index is -3.39. The average Bonchev–Trinajstić information content (AvgIpc) is 3.45. The van der Waals surface area contributed by atoms with Crippen LogP contribution in [0, 0.1) is 11.7 Å². The molecular weight excluding hydrogens is 411 g/mol. The molecule has 8 nitrogen and oxygen atoms in total. The molecule has 1 heterocycles. The van der Waals surface area contributed by atoms with Gasteiger partial charge in [0.05, 0.1) is 11.4 Å². The van der Waals surface area contributed by atoms with Gasteiger partial charge in [-0.2, -0.15) is 0 Å². The molecule has 30 heavy (non-hydrogen) atoms. The number of rotatable bonds is 13. The molecule has 0 unspecified atom stereocenters. The number of nitrogens with one attached hydrogen (secondary N) is 3. The first-order valence-electron chi connectivity index (χ1n) is 10.4. The number of halogens is 1. The van der Waals surface area contributed by atoms with Gasteiger partial charge < -0.3 is 10.2 Å². The third-order valence-corrected chi connectivity index (χ3v) is 6.72. The smallest absolute Gasteiger partial charge is 0.324 e. The molecule has 2 fully saturated rings. The number of amides is 3. The first-order valence-corrected chi connectivity index (χ1v) is 12.1. The Labute approximate surface area is 176 Å². The minimum Gasteiger partial charge on any atom is -0.382 e. The van der Waals surface area contributed by atoms with Gasteiger partial charge in [0.2, 0.25) is 15.9 Å². The second kappa shape index (κ2) is 10.2. The summed E-state index contributed by atoms with van der Waals surface area (Å²) < 4.78 is 40.7. The maximum atomic E-state index is 13.9. The van der Waals surface area contributed by atoms with E-state index in [1.165, 1.54) is 23.8 Å². The number of hydrogen-bond acceptors (Lipinski definition) is 5. The lowest BCUT2D eigenvalue weighted by atomic mass is 10.1. The van der Waals surface area contributed by atoms with Gasteiger partial charge in [0.15, 0.2) is 0 Å².